The van der Waals surface area contributed by atoms with Crippen molar-refractivity contribution >= 4 is 11.8 Å². The van der Waals surface area contributed by atoms with Crippen molar-refractivity contribution in [3.8, 4) is 5.69 Å². The molecule has 0 saturated carbocycles. The average Bonchev–Trinajstić information content (AvgIpc) is 3.13. The molecule has 0 unspecified atom stereocenters. The first-order valence-corrected chi connectivity index (χ1v) is 10.2. The Bertz CT molecular complexity index is 860. The van der Waals surface area contributed by atoms with Crippen molar-refractivity contribution in [3.63, 3.8) is 0 Å². The number of hydrogen-bond acceptors (Lipinski definition) is 3. The van der Waals surface area contributed by atoms with Crippen LogP contribution < -0.4 is 5.32 Å². The van der Waals surface area contributed by atoms with E-state index in [0.29, 0.717) is 24.6 Å². The van der Waals surface area contributed by atoms with Crippen molar-refractivity contribution in [2.75, 3.05) is 6.54 Å². The van der Waals surface area contributed by atoms with Gasteiger partial charge < -0.3 is 14.8 Å². The third kappa shape index (κ3) is 5.02. The van der Waals surface area contributed by atoms with Gasteiger partial charge in [0, 0.05) is 24.5 Å². The minimum Gasteiger partial charge on any atom is -0.350 e. The van der Waals surface area contributed by atoms with Gasteiger partial charge in [0.05, 0.1) is 0 Å². The number of aromatic nitrogens is 2. The minimum atomic E-state index is -0.498. The smallest absolute Gasteiger partial charge is 0.274 e. The Labute approximate surface area is 171 Å². The molecule has 3 rings (SSSR count). The molecule has 156 valence electrons. The maximum Gasteiger partial charge on any atom is 0.274 e. The lowest BCUT2D eigenvalue weighted by Gasteiger charge is -2.40. The summed E-state index contributed by atoms with van der Waals surface area (Å²) in [6.45, 7) is 8.76. The van der Waals surface area contributed by atoms with Crippen LogP contribution in [-0.2, 0) is 4.79 Å². The number of amides is 2. The molecule has 2 amide bonds. The zero-order valence-corrected chi connectivity index (χ0v) is 17.4. The van der Waals surface area contributed by atoms with Crippen molar-refractivity contribution in [1.82, 2.24) is 19.8 Å². The lowest BCUT2D eigenvalue weighted by atomic mass is 9.95. The van der Waals surface area contributed by atoms with E-state index in [1.54, 1.807) is 27.8 Å². The van der Waals surface area contributed by atoms with E-state index in [2.05, 4.69) is 24.1 Å². The molecule has 6 nitrogen and oxygen atoms in total. The number of piperazine rings is 1. The lowest BCUT2D eigenvalue weighted by Crippen LogP contribution is -2.62. The number of nitrogens with one attached hydrogen (secondary N) is 1. The predicted molar refractivity (Wildman–Crippen MR) is 109 cm³/mol. The van der Waals surface area contributed by atoms with Gasteiger partial charge in [-0.05, 0) is 48.9 Å². The minimum absolute atomic E-state index is 0.0611. The first-order valence-electron chi connectivity index (χ1n) is 10.2. The van der Waals surface area contributed by atoms with E-state index in [9.17, 15) is 14.0 Å². The highest BCUT2D eigenvalue weighted by Gasteiger charge is 2.38. The third-order valence-electron chi connectivity index (χ3n) is 5.08. The monoisotopic (exact) mass is 400 g/mol. The quantitative estimate of drug-likeness (QED) is 0.808. The molecule has 1 aliphatic rings. The van der Waals surface area contributed by atoms with Gasteiger partial charge >= 0.3 is 0 Å². The van der Waals surface area contributed by atoms with E-state index in [1.807, 2.05) is 13.8 Å². The van der Waals surface area contributed by atoms with Crippen molar-refractivity contribution in [3.05, 3.63) is 48.3 Å². The van der Waals surface area contributed by atoms with Crippen molar-refractivity contribution < 1.29 is 14.0 Å². The van der Waals surface area contributed by atoms with Crippen LogP contribution in [0.5, 0.6) is 0 Å². The Hall–Kier alpha value is -2.70. The fourth-order valence-electron chi connectivity index (χ4n) is 3.79. The van der Waals surface area contributed by atoms with Crippen LogP contribution in [0.3, 0.4) is 0 Å². The van der Waals surface area contributed by atoms with Crippen LogP contribution in [0.15, 0.2) is 36.8 Å². The number of carbonyl (C=O) groups excluding carboxylic acids is 2. The highest BCUT2D eigenvalue weighted by Crippen LogP contribution is 2.22. The van der Waals surface area contributed by atoms with Gasteiger partial charge in [0.2, 0.25) is 5.91 Å². The summed E-state index contributed by atoms with van der Waals surface area (Å²) >= 11 is 0. The molecule has 7 heteroatoms. The second-order valence-corrected chi connectivity index (χ2v) is 8.58. The van der Waals surface area contributed by atoms with Gasteiger partial charge in [-0.25, -0.2) is 9.37 Å². The van der Waals surface area contributed by atoms with Crippen LogP contribution in [0.4, 0.5) is 4.39 Å². The van der Waals surface area contributed by atoms with Crippen LogP contribution in [0.25, 0.3) is 5.69 Å². The fourth-order valence-corrected chi connectivity index (χ4v) is 3.79. The van der Waals surface area contributed by atoms with Gasteiger partial charge in [-0.3, -0.25) is 9.59 Å². The Kier molecular flexibility index (Phi) is 6.35. The molecule has 2 heterocycles. The van der Waals surface area contributed by atoms with Gasteiger partial charge in [-0.1, -0.05) is 27.7 Å². The number of imidazole rings is 1. The summed E-state index contributed by atoms with van der Waals surface area (Å²) in [5, 5.41) is 3.08. The third-order valence-corrected chi connectivity index (χ3v) is 5.08. The van der Waals surface area contributed by atoms with Crippen LogP contribution in [-0.4, -0.2) is 44.9 Å². The number of carbonyl (C=O) groups is 2. The number of hydrogen-bond donors (Lipinski definition) is 1. The van der Waals surface area contributed by atoms with Crippen LogP contribution in [0, 0.1) is 17.7 Å². The zero-order valence-electron chi connectivity index (χ0n) is 17.4. The molecule has 1 aromatic carbocycles. The Balaban J connectivity index is 1.85. The first-order chi connectivity index (χ1) is 13.7. The van der Waals surface area contributed by atoms with E-state index in [0.717, 1.165) is 6.42 Å². The maximum atomic E-state index is 13.3. The van der Waals surface area contributed by atoms with Gasteiger partial charge in [-0.15, -0.1) is 0 Å². The van der Waals surface area contributed by atoms with Gasteiger partial charge in [0.25, 0.3) is 5.91 Å². The summed E-state index contributed by atoms with van der Waals surface area (Å²) in [6, 6.07) is 5.41. The zero-order chi connectivity index (χ0) is 21.1. The molecule has 29 heavy (non-hydrogen) atoms. The number of nitrogens with zero attached hydrogens (tertiary/aromatic N) is 3. The van der Waals surface area contributed by atoms with E-state index in [4.69, 9.17) is 0 Å². The molecule has 0 bridgehead atoms. The molecule has 1 saturated heterocycles. The molecule has 0 spiro atoms. The summed E-state index contributed by atoms with van der Waals surface area (Å²) < 4.78 is 14.8. The molecule has 0 radical (unpaired) electrons. The van der Waals surface area contributed by atoms with Crippen molar-refractivity contribution in [1.29, 1.82) is 0 Å². The van der Waals surface area contributed by atoms with E-state index >= 15 is 0 Å². The van der Waals surface area contributed by atoms with Gasteiger partial charge in [-0.2, -0.15) is 0 Å². The Morgan fingerprint density at radius 3 is 2.45 bits per heavy atom. The molecular formula is C22H29FN4O2. The van der Waals surface area contributed by atoms with E-state index in [1.165, 1.54) is 18.5 Å². The van der Waals surface area contributed by atoms with E-state index in [-0.39, 0.29) is 35.3 Å². The van der Waals surface area contributed by atoms with Crippen molar-refractivity contribution in [2.45, 2.75) is 52.6 Å². The number of halogens is 1. The average molecular weight is 400 g/mol. The number of benzene rings is 1. The molecule has 1 aliphatic heterocycles. The van der Waals surface area contributed by atoms with Gasteiger partial charge in [0.1, 0.15) is 23.9 Å². The van der Waals surface area contributed by atoms with Crippen LogP contribution >= 0.6 is 0 Å². The maximum absolute atomic E-state index is 13.3. The summed E-state index contributed by atoms with van der Waals surface area (Å²) in [5.74, 6) is 0.0234. The first kappa shape index (κ1) is 21.0. The second-order valence-electron chi connectivity index (χ2n) is 8.58. The molecule has 1 fully saturated rings. The standard InChI is InChI=1S/C22H29FN4O2/c1-14(2)9-17-11-27(20(10-15(3)4)21(28)25-17)22(29)19-12-26(13-24-19)18-7-5-16(23)6-8-18/h5-8,12-15,17,20H,9-11H2,1-4H3,(H,25,28)/t17-,20-/m0/s1. The van der Waals surface area contributed by atoms with Gasteiger partial charge in [0.15, 0.2) is 0 Å². The predicted octanol–water partition coefficient (Wildman–Crippen LogP) is 3.41. The lowest BCUT2D eigenvalue weighted by molar-refractivity contribution is -0.130. The number of rotatable bonds is 6. The molecule has 2 atom stereocenters. The molecule has 1 aromatic heterocycles. The summed E-state index contributed by atoms with van der Waals surface area (Å²) in [4.78, 5) is 32.0. The summed E-state index contributed by atoms with van der Waals surface area (Å²) in [5.41, 5.74) is 0.992. The Morgan fingerprint density at radius 2 is 1.83 bits per heavy atom. The van der Waals surface area contributed by atoms with Crippen LogP contribution in [0.1, 0.15) is 51.0 Å². The highest BCUT2D eigenvalue weighted by molar-refractivity contribution is 5.97. The molecule has 0 aliphatic carbocycles. The summed E-state index contributed by atoms with van der Waals surface area (Å²) in [6.07, 6.45) is 4.58. The van der Waals surface area contributed by atoms with E-state index < -0.39 is 6.04 Å². The topological polar surface area (TPSA) is 67.2 Å². The molecule has 2 aromatic rings. The van der Waals surface area contributed by atoms with Crippen LogP contribution in [0.2, 0.25) is 0 Å². The Morgan fingerprint density at radius 1 is 1.17 bits per heavy atom. The van der Waals surface area contributed by atoms with Crippen molar-refractivity contribution in [2.24, 2.45) is 11.8 Å². The molecular weight excluding hydrogens is 371 g/mol. The summed E-state index contributed by atoms with van der Waals surface area (Å²) in [7, 11) is 0. The SMILES string of the molecule is CC(C)C[C@H]1CN(C(=O)c2cn(-c3ccc(F)cc3)cn2)[C@@H](CC(C)C)C(=O)N1. The highest BCUT2D eigenvalue weighted by atomic mass is 19.1. The largest absolute Gasteiger partial charge is 0.350 e. The molecule has 1 N–H and O–H groups in total. The second kappa shape index (κ2) is 8.76. The normalized spacial score (nSPS) is 19.7. The fraction of sp³-hybridized carbons (Fsp3) is 0.500.